The largest absolute Gasteiger partial charge is 0.493 e. The van der Waals surface area contributed by atoms with Gasteiger partial charge in [0.2, 0.25) is 12.2 Å². The number of amides is 1. The van der Waals surface area contributed by atoms with Gasteiger partial charge in [0.1, 0.15) is 12.4 Å². The van der Waals surface area contributed by atoms with Gasteiger partial charge in [0.15, 0.2) is 0 Å². The van der Waals surface area contributed by atoms with Crippen LogP contribution < -0.4 is 10.1 Å². The zero-order valence-corrected chi connectivity index (χ0v) is 16.3. The second kappa shape index (κ2) is 13.4. The number of benzene rings is 1. The molecular weight excluding hydrogens is 358 g/mol. The van der Waals surface area contributed by atoms with E-state index in [0.29, 0.717) is 31.8 Å². The number of ether oxygens (including phenoxy) is 4. The average molecular weight is 385 g/mol. The first-order valence-corrected chi connectivity index (χ1v) is 9.80. The van der Waals surface area contributed by atoms with Gasteiger partial charge in [-0.05, 0) is 37.4 Å². The molecule has 7 nitrogen and oxygen atoms in total. The number of thioether (sulfide) groups is 1. The number of hydrogen-bond acceptors (Lipinski definition) is 7. The van der Waals surface area contributed by atoms with Crippen molar-refractivity contribution in [1.82, 2.24) is 0 Å². The first-order chi connectivity index (χ1) is 12.6. The van der Waals surface area contributed by atoms with Crippen molar-refractivity contribution in [3.8, 4) is 5.75 Å². The highest BCUT2D eigenvalue weighted by atomic mass is 32.2. The van der Waals surface area contributed by atoms with Gasteiger partial charge in [-0.15, -0.1) is 0 Å². The van der Waals surface area contributed by atoms with Gasteiger partial charge < -0.3 is 24.3 Å². The van der Waals surface area contributed by atoms with Crippen molar-refractivity contribution in [3.63, 3.8) is 0 Å². The zero-order valence-electron chi connectivity index (χ0n) is 15.5. The number of rotatable bonds is 13. The van der Waals surface area contributed by atoms with Crippen LogP contribution in [0.5, 0.6) is 5.75 Å². The van der Waals surface area contributed by atoms with Crippen LogP contribution in [0.1, 0.15) is 19.8 Å². The molecule has 0 aliphatic rings. The molecular formula is C18H27NO6S. The summed E-state index contributed by atoms with van der Waals surface area (Å²) in [7, 11) is 1.43. The van der Waals surface area contributed by atoms with E-state index in [0.717, 1.165) is 11.4 Å². The van der Waals surface area contributed by atoms with E-state index in [1.165, 1.54) is 7.11 Å². The zero-order chi connectivity index (χ0) is 19.2. The molecule has 1 amide bonds. The maximum absolute atomic E-state index is 11.7. The Bertz CT molecular complexity index is 537. The van der Waals surface area contributed by atoms with Gasteiger partial charge in [0, 0.05) is 38.0 Å². The minimum Gasteiger partial charge on any atom is -0.493 e. The number of methoxy groups -OCH3 is 1. The number of carbonyl (C=O) groups excluding carboxylic acids is 2. The van der Waals surface area contributed by atoms with Crippen LogP contribution in [-0.2, 0) is 23.8 Å². The molecule has 0 aliphatic carbocycles. The number of anilines is 1. The minimum absolute atomic E-state index is 0.00884. The van der Waals surface area contributed by atoms with Crippen molar-refractivity contribution in [2.45, 2.75) is 26.1 Å². The van der Waals surface area contributed by atoms with Crippen LogP contribution in [0.25, 0.3) is 0 Å². The van der Waals surface area contributed by atoms with Gasteiger partial charge in [0.25, 0.3) is 0 Å². The summed E-state index contributed by atoms with van der Waals surface area (Å²) in [4.78, 5) is 23.1. The Balaban J connectivity index is 2.39. The Kier molecular flexibility index (Phi) is 11.5. The van der Waals surface area contributed by atoms with Gasteiger partial charge in [0.05, 0.1) is 6.61 Å². The highest BCUT2D eigenvalue weighted by Gasteiger charge is 2.14. The third-order valence-electron chi connectivity index (χ3n) is 3.17. The predicted molar refractivity (Wildman–Crippen MR) is 102 cm³/mol. The van der Waals surface area contributed by atoms with Crippen LogP contribution in [0.3, 0.4) is 0 Å². The molecule has 26 heavy (non-hydrogen) atoms. The minimum atomic E-state index is -0.669. The smallest absolute Gasteiger partial charge is 0.334 e. The Morgan fingerprint density at radius 3 is 2.58 bits per heavy atom. The fraction of sp³-hybridized carbons (Fsp3) is 0.556. The van der Waals surface area contributed by atoms with Crippen molar-refractivity contribution in [2.24, 2.45) is 0 Å². The lowest BCUT2D eigenvalue weighted by atomic mass is 10.3. The summed E-state index contributed by atoms with van der Waals surface area (Å²) < 4.78 is 20.9. The van der Waals surface area contributed by atoms with Crippen LogP contribution in [0, 0.1) is 0 Å². The molecule has 1 N–H and O–H groups in total. The van der Waals surface area contributed by atoms with Crippen LogP contribution in [-0.4, -0.2) is 57.1 Å². The highest BCUT2D eigenvalue weighted by molar-refractivity contribution is 7.98. The molecule has 0 bridgehead atoms. The summed E-state index contributed by atoms with van der Waals surface area (Å²) in [6, 6.07) is 7.11. The maximum Gasteiger partial charge on any atom is 0.334 e. The number of esters is 1. The summed E-state index contributed by atoms with van der Waals surface area (Å²) in [5.41, 5.74) is 0.726. The van der Waals surface area contributed by atoms with Crippen molar-refractivity contribution in [3.05, 3.63) is 24.3 Å². The van der Waals surface area contributed by atoms with Gasteiger partial charge >= 0.3 is 5.97 Å². The third-order valence-corrected chi connectivity index (χ3v) is 3.78. The molecule has 1 aromatic rings. The Labute approximate surface area is 158 Å². The Hall–Kier alpha value is -1.77. The first-order valence-electron chi connectivity index (χ1n) is 8.40. The average Bonchev–Trinajstić information content (AvgIpc) is 2.62. The van der Waals surface area contributed by atoms with E-state index in [1.54, 1.807) is 36.0 Å². The van der Waals surface area contributed by atoms with Gasteiger partial charge in [-0.25, -0.2) is 4.79 Å². The van der Waals surface area contributed by atoms with Crippen molar-refractivity contribution >= 4 is 29.3 Å². The first kappa shape index (κ1) is 22.3. The van der Waals surface area contributed by atoms with E-state index in [9.17, 15) is 9.59 Å². The molecule has 1 aromatic carbocycles. The summed E-state index contributed by atoms with van der Waals surface area (Å²) in [5.74, 6) is 0.965. The van der Waals surface area contributed by atoms with Crippen LogP contribution in [0.4, 0.5) is 5.69 Å². The maximum atomic E-state index is 11.7. The molecule has 0 radical (unpaired) electrons. The van der Waals surface area contributed by atoms with Crippen LogP contribution >= 0.6 is 11.8 Å². The topological polar surface area (TPSA) is 83.1 Å². The predicted octanol–water partition coefficient (Wildman–Crippen LogP) is 2.70. The van der Waals surface area contributed by atoms with Crippen molar-refractivity contribution in [1.29, 1.82) is 0 Å². The lowest BCUT2D eigenvalue weighted by molar-refractivity contribution is -0.183. The second-order valence-electron chi connectivity index (χ2n) is 5.26. The normalized spacial score (nSPS) is 11.7. The highest BCUT2D eigenvalue weighted by Crippen LogP contribution is 2.17. The van der Waals surface area contributed by atoms with Gasteiger partial charge in [-0.1, -0.05) is 0 Å². The number of hydrogen-bond donors (Lipinski definition) is 1. The van der Waals surface area contributed by atoms with Crippen LogP contribution in [0.2, 0.25) is 0 Å². The quantitative estimate of drug-likeness (QED) is 0.413. The van der Waals surface area contributed by atoms with Crippen LogP contribution in [0.15, 0.2) is 24.3 Å². The molecule has 8 heteroatoms. The molecule has 0 aromatic heterocycles. The third kappa shape index (κ3) is 9.65. The van der Waals surface area contributed by atoms with E-state index in [1.807, 2.05) is 13.2 Å². The van der Waals surface area contributed by atoms with Crippen molar-refractivity contribution < 1.29 is 28.5 Å². The molecule has 0 saturated carbocycles. The molecule has 1 unspecified atom stereocenters. The number of nitrogens with one attached hydrogen (secondary N) is 1. The molecule has 1 rings (SSSR count). The monoisotopic (exact) mass is 385 g/mol. The Morgan fingerprint density at radius 1 is 1.23 bits per heavy atom. The fourth-order valence-electron chi connectivity index (χ4n) is 1.99. The van der Waals surface area contributed by atoms with E-state index >= 15 is 0 Å². The second-order valence-corrected chi connectivity index (χ2v) is 6.25. The fourth-order valence-corrected chi connectivity index (χ4v) is 2.38. The van der Waals surface area contributed by atoms with E-state index in [4.69, 9.17) is 18.9 Å². The summed E-state index contributed by atoms with van der Waals surface area (Å²) in [5, 5.41) is 2.83. The van der Waals surface area contributed by atoms with E-state index in [2.05, 4.69) is 5.32 Å². The molecule has 0 fully saturated rings. The summed E-state index contributed by atoms with van der Waals surface area (Å²) in [6.07, 6.45) is 2.18. The standard InChI is InChI=1S/C18H27NO6S/c1-4-23-18(25-17(21)13-22-2)9-11-24-15-7-5-14(6-8-15)19-16(20)10-12-26-3/h5-8,18H,4,9-13H2,1-3H3,(H,19,20). The summed E-state index contributed by atoms with van der Waals surface area (Å²) >= 11 is 1.63. The number of carbonyl (C=O) groups is 2. The lowest BCUT2D eigenvalue weighted by Gasteiger charge is -2.17. The van der Waals surface area contributed by atoms with Gasteiger partial charge in [-0.3, -0.25) is 4.79 Å². The molecule has 0 saturated heterocycles. The lowest BCUT2D eigenvalue weighted by Crippen LogP contribution is -2.25. The molecule has 146 valence electrons. The van der Waals surface area contributed by atoms with E-state index < -0.39 is 12.3 Å². The SMILES string of the molecule is CCOC(CCOc1ccc(NC(=O)CCSC)cc1)OC(=O)COC. The molecule has 0 spiro atoms. The van der Waals surface area contributed by atoms with Gasteiger partial charge in [-0.2, -0.15) is 11.8 Å². The molecule has 0 heterocycles. The van der Waals surface area contributed by atoms with E-state index in [-0.39, 0.29) is 12.5 Å². The Morgan fingerprint density at radius 2 is 1.96 bits per heavy atom. The molecule has 0 aliphatic heterocycles. The van der Waals surface area contributed by atoms with Crippen molar-refractivity contribution in [2.75, 3.05) is 44.3 Å². The summed E-state index contributed by atoms with van der Waals surface area (Å²) in [6.45, 7) is 2.46. The molecule has 1 atom stereocenters.